The highest BCUT2D eigenvalue weighted by molar-refractivity contribution is 7.16. The van der Waals surface area contributed by atoms with E-state index in [-0.39, 0.29) is 11.8 Å². The lowest BCUT2D eigenvalue weighted by molar-refractivity contribution is 0.102. The first-order valence-corrected chi connectivity index (χ1v) is 9.86. The second-order valence-corrected chi connectivity index (χ2v) is 8.28. The minimum absolute atomic E-state index is 0.234. The second kappa shape index (κ2) is 7.80. The van der Waals surface area contributed by atoms with Gasteiger partial charge >= 0.3 is 0 Å². The molecule has 2 N–H and O–H groups in total. The van der Waals surface area contributed by atoms with Gasteiger partial charge in [0.25, 0.3) is 11.8 Å². The van der Waals surface area contributed by atoms with Gasteiger partial charge in [-0.1, -0.05) is 26.0 Å². The molecule has 0 bridgehead atoms. The lowest BCUT2D eigenvalue weighted by atomic mass is 10.0. The van der Waals surface area contributed by atoms with Crippen LogP contribution in [0.25, 0.3) is 0 Å². The number of thiophene rings is 1. The third kappa shape index (κ3) is 4.17. The second-order valence-electron chi connectivity index (χ2n) is 6.12. The smallest absolute Gasteiger partial charge is 0.260 e. The maximum absolute atomic E-state index is 12.5. The number of carbonyl (C=O) groups excluding carboxylic acids is 2. The van der Waals surface area contributed by atoms with Gasteiger partial charge in [0.05, 0.1) is 5.56 Å². The summed E-state index contributed by atoms with van der Waals surface area (Å²) in [5, 5.41) is 8.43. The van der Waals surface area contributed by atoms with Gasteiger partial charge < -0.3 is 5.32 Å². The fourth-order valence-corrected chi connectivity index (χ4v) is 3.80. The minimum atomic E-state index is -0.286. The van der Waals surface area contributed by atoms with E-state index in [1.165, 1.54) is 28.2 Å². The molecule has 1 aromatic carbocycles. The van der Waals surface area contributed by atoms with Crippen molar-refractivity contribution in [2.75, 3.05) is 10.6 Å². The summed E-state index contributed by atoms with van der Waals surface area (Å²) in [5.74, 6) is -0.109. The Bertz CT molecular complexity index is 926. The van der Waals surface area contributed by atoms with E-state index in [0.29, 0.717) is 27.2 Å². The van der Waals surface area contributed by atoms with E-state index >= 15 is 0 Å². The predicted octanol–water partition coefficient (Wildman–Crippen LogP) is 5.14. The van der Waals surface area contributed by atoms with Crippen molar-refractivity contribution in [3.8, 4) is 0 Å². The molecule has 5 nitrogen and oxygen atoms in total. The van der Waals surface area contributed by atoms with Crippen LogP contribution in [0.3, 0.4) is 0 Å². The zero-order chi connectivity index (χ0) is 18.7. The molecular formula is C19H19N3O2S2. The van der Waals surface area contributed by atoms with Gasteiger partial charge in [0.1, 0.15) is 5.00 Å². The number of aromatic nitrogens is 1. The third-order valence-electron chi connectivity index (χ3n) is 3.82. The topological polar surface area (TPSA) is 71.1 Å². The van der Waals surface area contributed by atoms with Crippen molar-refractivity contribution >= 4 is 44.6 Å². The number of rotatable bonds is 5. The summed E-state index contributed by atoms with van der Waals surface area (Å²) in [4.78, 5) is 30.1. The number of aryl methyl sites for hydroxylation is 1. The van der Waals surface area contributed by atoms with Crippen LogP contribution in [-0.4, -0.2) is 16.8 Å². The Balaban J connectivity index is 1.71. The van der Waals surface area contributed by atoms with Gasteiger partial charge in [-0.05, 0) is 42.0 Å². The Hall–Kier alpha value is -2.51. The fourth-order valence-electron chi connectivity index (χ4n) is 2.36. The number of carbonyl (C=O) groups is 2. The molecule has 3 rings (SSSR count). The molecule has 0 saturated carbocycles. The molecule has 0 atom stereocenters. The Morgan fingerprint density at radius 3 is 2.38 bits per heavy atom. The third-order valence-corrected chi connectivity index (χ3v) is 5.48. The molecule has 134 valence electrons. The molecule has 2 aromatic heterocycles. The lowest BCUT2D eigenvalue weighted by Gasteiger charge is -2.08. The van der Waals surface area contributed by atoms with Crippen molar-refractivity contribution in [3.63, 3.8) is 0 Å². The van der Waals surface area contributed by atoms with E-state index in [0.717, 1.165) is 4.88 Å². The summed E-state index contributed by atoms with van der Waals surface area (Å²) in [5.41, 5.74) is 2.16. The van der Waals surface area contributed by atoms with E-state index in [1.54, 1.807) is 29.8 Å². The number of hydrogen-bond donors (Lipinski definition) is 2. The summed E-state index contributed by atoms with van der Waals surface area (Å²) in [6, 6.07) is 9.20. The van der Waals surface area contributed by atoms with Crippen LogP contribution in [0.5, 0.6) is 0 Å². The number of benzene rings is 1. The molecule has 0 aliphatic heterocycles. The molecule has 0 unspecified atom stereocenters. The molecule has 0 spiro atoms. The minimum Gasteiger partial charge on any atom is -0.313 e. The maximum Gasteiger partial charge on any atom is 0.260 e. The normalized spacial score (nSPS) is 10.8. The zero-order valence-electron chi connectivity index (χ0n) is 14.7. The van der Waals surface area contributed by atoms with Gasteiger partial charge in [-0.2, -0.15) is 0 Å². The van der Waals surface area contributed by atoms with E-state index in [1.807, 2.05) is 19.1 Å². The fraction of sp³-hybridized carbons (Fsp3) is 0.211. The average molecular weight is 386 g/mol. The standard InChI is InChI=1S/C19H19N3O2S2/c1-11(2)13-4-6-14(7-5-13)16(23)21-18-15(8-9-25-18)17(24)22-19-20-10-12(3)26-19/h4-11H,1-3H3,(H,21,23)(H,20,22,24). The van der Waals surface area contributed by atoms with Crippen LogP contribution >= 0.6 is 22.7 Å². The van der Waals surface area contributed by atoms with Crippen LogP contribution in [0, 0.1) is 6.92 Å². The van der Waals surface area contributed by atoms with Gasteiger partial charge in [-0.3, -0.25) is 14.9 Å². The summed E-state index contributed by atoms with van der Waals surface area (Å²) in [6.07, 6.45) is 1.71. The van der Waals surface area contributed by atoms with Crippen LogP contribution in [-0.2, 0) is 0 Å². The number of amides is 2. The van der Waals surface area contributed by atoms with Gasteiger partial charge in [0.2, 0.25) is 0 Å². The summed E-state index contributed by atoms with van der Waals surface area (Å²) in [6.45, 7) is 6.14. The molecule has 0 saturated heterocycles. The highest BCUT2D eigenvalue weighted by Crippen LogP contribution is 2.26. The molecule has 3 aromatic rings. The van der Waals surface area contributed by atoms with Crippen molar-refractivity contribution in [3.05, 3.63) is 63.5 Å². The van der Waals surface area contributed by atoms with E-state index in [9.17, 15) is 9.59 Å². The summed E-state index contributed by atoms with van der Waals surface area (Å²) in [7, 11) is 0. The van der Waals surface area contributed by atoms with Crippen molar-refractivity contribution < 1.29 is 9.59 Å². The largest absolute Gasteiger partial charge is 0.313 e. The molecule has 0 aliphatic rings. The quantitative estimate of drug-likeness (QED) is 0.639. The van der Waals surface area contributed by atoms with Crippen LogP contribution < -0.4 is 10.6 Å². The van der Waals surface area contributed by atoms with E-state index in [2.05, 4.69) is 29.5 Å². The number of thiazole rings is 1. The molecule has 0 fully saturated rings. The van der Waals surface area contributed by atoms with Crippen LogP contribution in [0.4, 0.5) is 10.1 Å². The number of nitrogens with zero attached hydrogens (tertiary/aromatic N) is 1. The van der Waals surface area contributed by atoms with Crippen molar-refractivity contribution in [2.24, 2.45) is 0 Å². The molecule has 0 radical (unpaired) electrons. The Morgan fingerprint density at radius 1 is 1.04 bits per heavy atom. The molecule has 26 heavy (non-hydrogen) atoms. The van der Waals surface area contributed by atoms with Crippen LogP contribution in [0.15, 0.2) is 41.9 Å². The Kier molecular flexibility index (Phi) is 5.49. The number of anilines is 2. The molecule has 0 aliphatic carbocycles. The monoisotopic (exact) mass is 385 g/mol. The highest BCUT2D eigenvalue weighted by Gasteiger charge is 2.17. The van der Waals surface area contributed by atoms with Gasteiger partial charge in [-0.25, -0.2) is 4.98 Å². The van der Waals surface area contributed by atoms with Crippen LogP contribution in [0.2, 0.25) is 0 Å². The molecule has 7 heteroatoms. The van der Waals surface area contributed by atoms with E-state index < -0.39 is 0 Å². The van der Waals surface area contributed by atoms with Crippen molar-refractivity contribution in [1.82, 2.24) is 4.98 Å². The molecule has 2 amide bonds. The summed E-state index contributed by atoms with van der Waals surface area (Å²) < 4.78 is 0. The average Bonchev–Trinajstić information content (AvgIpc) is 3.23. The SMILES string of the molecule is Cc1cnc(NC(=O)c2ccsc2NC(=O)c2ccc(C(C)C)cc2)s1. The first-order chi connectivity index (χ1) is 12.4. The first kappa shape index (κ1) is 18.3. The number of hydrogen-bond acceptors (Lipinski definition) is 5. The first-order valence-electron chi connectivity index (χ1n) is 8.16. The molecule has 2 heterocycles. The van der Waals surface area contributed by atoms with E-state index in [4.69, 9.17) is 0 Å². The van der Waals surface area contributed by atoms with Gasteiger partial charge in [-0.15, -0.1) is 22.7 Å². The number of nitrogens with one attached hydrogen (secondary N) is 2. The highest BCUT2D eigenvalue weighted by atomic mass is 32.1. The zero-order valence-corrected chi connectivity index (χ0v) is 16.3. The lowest BCUT2D eigenvalue weighted by Crippen LogP contribution is -2.16. The molecular weight excluding hydrogens is 366 g/mol. The van der Waals surface area contributed by atoms with Crippen LogP contribution in [0.1, 0.15) is 50.9 Å². The summed E-state index contributed by atoms with van der Waals surface area (Å²) >= 11 is 2.72. The Morgan fingerprint density at radius 2 is 1.77 bits per heavy atom. The van der Waals surface area contributed by atoms with Crippen molar-refractivity contribution in [2.45, 2.75) is 26.7 Å². The van der Waals surface area contributed by atoms with Gasteiger partial charge in [0, 0.05) is 16.6 Å². The Labute approximate surface area is 160 Å². The maximum atomic E-state index is 12.5. The predicted molar refractivity (Wildman–Crippen MR) is 108 cm³/mol. The van der Waals surface area contributed by atoms with Crippen molar-refractivity contribution in [1.29, 1.82) is 0 Å². The van der Waals surface area contributed by atoms with Gasteiger partial charge in [0.15, 0.2) is 5.13 Å².